The molecule has 5 nitrogen and oxygen atoms in total. The Morgan fingerprint density at radius 3 is 2.27 bits per heavy atom. The molecular weight excluding hydrogens is 350 g/mol. The fraction of sp³-hybridized carbons (Fsp3) is 0.250. The quantitative estimate of drug-likeness (QED) is 0.438. The predicted molar refractivity (Wildman–Crippen MR) is 101 cm³/mol. The number of ether oxygens (including phenoxy) is 1. The number of carbonyl (C=O) groups is 3. The molecule has 2 aromatic rings. The molecule has 0 radical (unpaired) electrons. The average Bonchev–Trinajstić information content (AvgIpc) is 2.66. The summed E-state index contributed by atoms with van der Waals surface area (Å²) in [5.74, 6) is -1.04. The number of hydrogen-bond acceptors (Lipinski definition) is 5. The molecule has 1 amide bonds. The molecule has 0 saturated carbocycles. The van der Waals surface area contributed by atoms with Crippen LogP contribution in [0.25, 0.3) is 0 Å². The third-order valence-electron chi connectivity index (χ3n) is 3.66. The highest BCUT2D eigenvalue weighted by Gasteiger charge is 2.15. The van der Waals surface area contributed by atoms with Crippen LogP contribution in [0.5, 0.6) is 0 Å². The number of ketones is 1. The Balaban J connectivity index is 1.76. The van der Waals surface area contributed by atoms with E-state index in [0.29, 0.717) is 11.1 Å². The summed E-state index contributed by atoms with van der Waals surface area (Å²) >= 11 is 1.59. The van der Waals surface area contributed by atoms with E-state index >= 15 is 0 Å². The molecular formula is C20H21NO4S. The Hall–Kier alpha value is -2.60. The Bertz CT molecular complexity index is 759. The van der Waals surface area contributed by atoms with E-state index in [1.54, 1.807) is 55.1 Å². The molecule has 0 bridgehead atoms. The van der Waals surface area contributed by atoms with Gasteiger partial charge < -0.3 is 10.1 Å². The SMILES string of the molecule is CSc1ccc(C(=O)COC(=O)CC(C)NC(=O)c2ccccc2)cc1. The van der Waals surface area contributed by atoms with Crippen LogP contribution in [0.15, 0.2) is 59.5 Å². The molecule has 0 heterocycles. The zero-order valence-electron chi connectivity index (χ0n) is 14.7. The number of thioether (sulfide) groups is 1. The number of amides is 1. The summed E-state index contributed by atoms with van der Waals surface area (Å²) in [6, 6.07) is 15.5. The largest absolute Gasteiger partial charge is 0.457 e. The molecule has 2 aromatic carbocycles. The van der Waals surface area contributed by atoms with Crippen molar-refractivity contribution in [3.05, 3.63) is 65.7 Å². The number of benzene rings is 2. The van der Waals surface area contributed by atoms with E-state index in [1.165, 1.54) is 0 Å². The zero-order chi connectivity index (χ0) is 18.9. The lowest BCUT2D eigenvalue weighted by Crippen LogP contribution is -2.34. The Morgan fingerprint density at radius 2 is 1.65 bits per heavy atom. The molecule has 1 unspecified atom stereocenters. The van der Waals surface area contributed by atoms with E-state index in [0.717, 1.165) is 4.90 Å². The van der Waals surface area contributed by atoms with Crippen LogP contribution < -0.4 is 5.32 Å². The number of Topliss-reactive ketones (excluding diaryl/α,β-unsaturated/α-hetero) is 1. The van der Waals surface area contributed by atoms with Gasteiger partial charge in [0, 0.05) is 22.1 Å². The van der Waals surface area contributed by atoms with Gasteiger partial charge in [0.05, 0.1) is 6.42 Å². The third kappa shape index (κ3) is 6.04. The van der Waals surface area contributed by atoms with Gasteiger partial charge in [-0.2, -0.15) is 0 Å². The second-order valence-electron chi connectivity index (χ2n) is 5.76. The lowest BCUT2D eigenvalue weighted by molar-refractivity contribution is -0.142. The second-order valence-corrected chi connectivity index (χ2v) is 6.64. The van der Waals surface area contributed by atoms with Crippen molar-refractivity contribution in [1.82, 2.24) is 5.32 Å². The first-order valence-corrected chi connectivity index (χ1v) is 9.41. The zero-order valence-corrected chi connectivity index (χ0v) is 15.5. The first-order valence-electron chi connectivity index (χ1n) is 8.18. The van der Waals surface area contributed by atoms with Crippen molar-refractivity contribution in [2.75, 3.05) is 12.9 Å². The van der Waals surface area contributed by atoms with Crippen molar-refractivity contribution in [3.8, 4) is 0 Å². The molecule has 6 heteroatoms. The smallest absolute Gasteiger partial charge is 0.308 e. The van der Waals surface area contributed by atoms with Gasteiger partial charge in [0.1, 0.15) is 0 Å². The van der Waals surface area contributed by atoms with Crippen LogP contribution >= 0.6 is 11.8 Å². The number of nitrogens with one attached hydrogen (secondary N) is 1. The summed E-state index contributed by atoms with van der Waals surface area (Å²) in [6.45, 7) is 1.40. The fourth-order valence-corrected chi connectivity index (χ4v) is 2.67. The fourth-order valence-electron chi connectivity index (χ4n) is 2.26. The molecule has 0 saturated heterocycles. The summed E-state index contributed by atoms with van der Waals surface area (Å²) < 4.78 is 5.03. The summed E-state index contributed by atoms with van der Waals surface area (Å²) in [4.78, 5) is 37.0. The molecule has 0 aliphatic rings. The maximum Gasteiger partial charge on any atom is 0.308 e. The molecule has 0 aromatic heterocycles. The highest BCUT2D eigenvalue weighted by Crippen LogP contribution is 2.15. The van der Waals surface area contributed by atoms with E-state index in [9.17, 15) is 14.4 Å². The molecule has 26 heavy (non-hydrogen) atoms. The molecule has 2 rings (SSSR count). The van der Waals surface area contributed by atoms with E-state index in [4.69, 9.17) is 4.74 Å². The molecule has 0 spiro atoms. The van der Waals surface area contributed by atoms with E-state index in [1.807, 2.05) is 24.5 Å². The van der Waals surface area contributed by atoms with Crippen LogP contribution in [0.1, 0.15) is 34.1 Å². The molecule has 1 N–H and O–H groups in total. The maximum absolute atomic E-state index is 12.0. The molecule has 136 valence electrons. The number of rotatable bonds is 8. The number of esters is 1. The first-order chi connectivity index (χ1) is 12.5. The van der Waals surface area contributed by atoms with Gasteiger partial charge >= 0.3 is 5.97 Å². The lowest BCUT2D eigenvalue weighted by Gasteiger charge is -2.13. The van der Waals surface area contributed by atoms with Crippen molar-refractivity contribution in [2.24, 2.45) is 0 Å². The van der Waals surface area contributed by atoms with Crippen LogP contribution in [-0.4, -0.2) is 36.6 Å². The van der Waals surface area contributed by atoms with Crippen molar-refractivity contribution < 1.29 is 19.1 Å². The Kier molecular flexibility index (Phi) is 7.41. The van der Waals surface area contributed by atoms with Crippen molar-refractivity contribution >= 4 is 29.4 Å². The van der Waals surface area contributed by atoms with Crippen molar-refractivity contribution in [2.45, 2.75) is 24.3 Å². The van der Waals surface area contributed by atoms with Gasteiger partial charge in [-0.05, 0) is 37.4 Å². The van der Waals surface area contributed by atoms with Crippen LogP contribution in [-0.2, 0) is 9.53 Å². The first kappa shape index (κ1) is 19.7. The number of hydrogen-bond donors (Lipinski definition) is 1. The number of carbonyl (C=O) groups excluding carboxylic acids is 3. The van der Waals surface area contributed by atoms with Crippen molar-refractivity contribution in [3.63, 3.8) is 0 Å². The van der Waals surface area contributed by atoms with Crippen LogP contribution in [0.3, 0.4) is 0 Å². The van der Waals surface area contributed by atoms with Gasteiger partial charge in [-0.25, -0.2) is 0 Å². The van der Waals surface area contributed by atoms with Crippen LogP contribution in [0.2, 0.25) is 0 Å². The lowest BCUT2D eigenvalue weighted by atomic mass is 10.1. The minimum atomic E-state index is -0.528. The van der Waals surface area contributed by atoms with Gasteiger partial charge in [0.25, 0.3) is 5.91 Å². The second kappa shape index (κ2) is 9.77. The normalized spacial score (nSPS) is 11.5. The van der Waals surface area contributed by atoms with E-state index in [2.05, 4.69) is 5.32 Å². The summed E-state index contributed by atoms with van der Waals surface area (Å²) in [6.07, 6.45) is 1.95. The molecule has 0 aliphatic heterocycles. The summed E-state index contributed by atoms with van der Waals surface area (Å²) in [5, 5.41) is 2.73. The Morgan fingerprint density at radius 1 is 1.00 bits per heavy atom. The highest BCUT2D eigenvalue weighted by atomic mass is 32.2. The minimum absolute atomic E-state index is 0.00271. The molecule has 0 aliphatic carbocycles. The molecule has 1 atom stereocenters. The van der Waals surface area contributed by atoms with Gasteiger partial charge in [-0.1, -0.05) is 30.3 Å². The van der Waals surface area contributed by atoms with Gasteiger partial charge in [-0.15, -0.1) is 11.8 Å². The topological polar surface area (TPSA) is 72.5 Å². The summed E-state index contributed by atoms with van der Waals surface area (Å²) in [5.41, 5.74) is 1.03. The molecule has 0 fully saturated rings. The third-order valence-corrected chi connectivity index (χ3v) is 4.41. The average molecular weight is 371 g/mol. The van der Waals surface area contributed by atoms with Gasteiger partial charge in [-0.3, -0.25) is 14.4 Å². The van der Waals surface area contributed by atoms with E-state index < -0.39 is 12.0 Å². The van der Waals surface area contributed by atoms with Gasteiger partial charge in [0.2, 0.25) is 0 Å². The van der Waals surface area contributed by atoms with Gasteiger partial charge in [0.15, 0.2) is 12.4 Å². The van der Waals surface area contributed by atoms with E-state index in [-0.39, 0.29) is 24.7 Å². The summed E-state index contributed by atoms with van der Waals surface area (Å²) in [7, 11) is 0. The Labute approximate surface area is 157 Å². The van der Waals surface area contributed by atoms with Crippen molar-refractivity contribution in [1.29, 1.82) is 0 Å². The standard InChI is InChI=1S/C20H21NO4S/c1-14(21-20(24)16-6-4-3-5-7-16)12-19(23)25-13-18(22)15-8-10-17(26-2)11-9-15/h3-11,14H,12-13H2,1-2H3,(H,21,24). The predicted octanol–water partition coefficient (Wildman–Crippen LogP) is 3.34. The van der Waals surface area contributed by atoms with Crippen LogP contribution in [0.4, 0.5) is 0 Å². The monoisotopic (exact) mass is 371 g/mol. The minimum Gasteiger partial charge on any atom is -0.457 e. The highest BCUT2D eigenvalue weighted by molar-refractivity contribution is 7.98. The maximum atomic E-state index is 12.0. The van der Waals surface area contributed by atoms with Crippen LogP contribution in [0, 0.1) is 0 Å².